The smallest absolute Gasteiger partial charge is 0.0359 e. The summed E-state index contributed by atoms with van der Waals surface area (Å²) in [7, 11) is 0. The first kappa shape index (κ1) is 64.0. The fourth-order valence-corrected chi connectivity index (χ4v) is 4.09. The molecule has 0 bridgehead atoms. The monoisotopic (exact) mass is 701 g/mol. The minimum Gasteiger partial charge on any atom is -0.0654 e. The van der Waals surface area contributed by atoms with E-state index in [1.54, 1.807) is 0 Å². The highest BCUT2D eigenvalue weighted by Gasteiger charge is 2.10. The molecule has 0 rings (SSSR count). The third kappa shape index (κ3) is 74.2. The van der Waals surface area contributed by atoms with E-state index in [9.17, 15) is 0 Å². The summed E-state index contributed by atoms with van der Waals surface area (Å²) >= 11 is 0. The van der Waals surface area contributed by atoms with Crippen molar-refractivity contribution in [2.24, 2.45) is 52.3 Å². The largest absolute Gasteiger partial charge is 0.0654 e. The molecule has 0 aliphatic rings. The van der Waals surface area contributed by atoms with Gasteiger partial charge >= 0.3 is 0 Å². The lowest BCUT2D eigenvalue weighted by Crippen LogP contribution is -2.05. The topological polar surface area (TPSA) is 0 Å². The van der Waals surface area contributed by atoms with Crippen molar-refractivity contribution >= 4 is 0 Å². The quantitative estimate of drug-likeness (QED) is 0.142. The van der Waals surface area contributed by atoms with E-state index in [4.69, 9.17) is 0 Å². The molecule has 308 valence electrons. The first-order valence-corrected chi connectivity index (χ1v) is 22.5. The van der Waals surface area contributed by atoms with E-state index in [0.29, 0.717) is 10.8 Å². The number of hydrogen-bond acceptors (Lipinski definition) is 0. The molecular formula is C49H112. The molecule has 0 aliphatic heterocycles. The van der Waals surface area contributed by atoms with Crippen molar-refractivity contribution in [2.75, 3.05) is 0 Å². The Kier molecular flexibility index (Phi) is 60.1. The highest BCUT2D eigenvalue weighted by Crippen LogP contribution is 2.23. The van der Waals surface area contributed by atoms with E-state index in [1.807, 2.05) is 0 Å². The Morgan fingerprint density at radius 3 is 0.776 bits per heavy atom. The van der Waals surface area contributed by atoms with Crippen LogP contribution in [0.4, 0.5) is 0 Å². The Balaban J connectivity index is -0.0000000840. The minimum atomic E-state index is 0.583. The van der Waals surface area contributed by atoms with Gasteiger partial charge < -0.3 is 0 Å². The summed E-state index contributed by atoms with van der Waals surface area (Å²) in [6.45, 7) is 56.7. The van der Waals surface area contributed by atoms with Crippen LogP contribution in [0.5, 0.6) is 0 Å². The third-order valence-electron chi connectivity index (χ3n) is 10.9. The molecule has 0 spiro atoms. The van der Waals surface area contributed by atoms with Gasteiger partial charge in [-0.1, -0.05) is 263 Å². The Morgan fingerprint density at radius 1 is 0.388 bits per heavy atom. The van der Waals surface area contributed by atoms with Crippen LogP contribution >= 0.6 is 0 Å². The van der Waals surface area contributed by atoms with Gasteiger partial charge in [-0.15, -0.1) is 0 Å². The average Bonchev–Trinajstić information content (AvgIpc) is 3.05. The van der Waals surface area contributed by atoms with Crippen LogP contribution in [0.3, 0.4) is 0 Å². The van der Waals surface area contributed by atoms with Crippen molar-refractivity contribution in [3.63, 3.8) is 0 Å². The molecule has 0 heteroatoms. The predicted molar refractivity (Wildman–Crippen MR) is 240 cm³/mol. The van der Waals surface area contributed by atoms with Crippen LogP contribution in [0.15, 0.2) is 0 Å². The fraction of sp³-hybridized carbons (Fsp3) is 1.00. The van der Waals surface area contributed by atoms with Gasteiger partial charge in [-0.25, -0.2) is 0 Å². The molecule has 0 amide bonds. The fourth-order valence-electron chi connectivity index (χ4n) is 4.09. The maximum atomic E-state index is 2.31. The van der Waals surface area contributed by atoms with E-state index in [2.05, 4.69) is 173 Å². The average molecular weight is 701 g/mol. The highest BCUT2D eigenvalue weighted by molar-refractivity contribution is 4.62. The lowest BCUT2D eigenvalue weighted by atomic mass is 9.88. The minimum absolute atomic E-state index is 0.583. The molecule has 0 aromatic heterocycles. The molecule has 0 fully saturated rings. The van der Waals surface area contributed by atoms with Crippen molar-refractivity contribution in [3.05, 3.63) is 0 Å². The van der Waals surface area contributed by atoms with Crippen molar-refractivity contribution in [3.8, 4) is 0 Å². The van der Waals surface area contributed by atoms with Crippen molar-refractivity contribution in [1.29, 1.82) is 0 Å². The number of unbranched alkanes of at least 4 members (excludes halogenated alkanes) is 1. The summed E-state index contributed by atoms with van der Waals surface area (Å²) in [4.78, 5) is 0. The molecule has 0 unspecified atom stereocenters. The molecule has 0 aromatic carbocycles. The Morgan fingerprint density at radius 2 is 0.735 bits per heavy atom. The molecule has 2 atom stereocenters. The summed E-state index contributed by atoms with van der Waals surface area (Å²) in [6.07, 6.45) is 20.1. The zero-order valence-electron chi connectivity index (χ0n) is 40.6. The van der Waals surface area contributed by atoms with Gasteiger partial charge in [-0.05, 0) is 58.7 Å². The van der Waals surface area contributed by atoms with Crippen molar-refractivity contribution < 1.29 is 0 Å². The maximum absolute atomic E-state index is 2.31. The van der Waals surface area contributed by atoms with E-state index in [-0.39, 0.29) is 0 Å². The Hall–Kier alpha value is 0. The first-order chi connectivity index (χ1) is 22.5. The predicted octanol–water partition coefficient (Wildman–Crippen LogP) is 19.5. The summed E-state index contributed by atoms with van der Waals surface area (Å²) in [5.74, 6) is 6.36. The van der Waals surface area contributed by atoms with E-state index >= 15 is 0 Å². The van der Waals surface area contributed by atoms with Crippen molar-refractivity contribution in [2.45, 2.75) is 269 Å². The van der Waals surface area contributed by atoms with E-state index in [1.165, 1.54) is 96.3 Å². The highest BCUT2D eigenvalue weighted by atomic mass is 14.2. The van der Waals surface area contributed by atoms with Crippen LogP contribution in [-0.4, -0.2) is 0 Å². The molecule has 0 saturated carbocycles. The van der Waals surface area contributed by atoms with Gasteiger partial charge in [0.25, 0.3) is 0 Å². The zero-order chi connectivity index (χ0) is 40.6. The van der Waals surface area contributed by atoms with Crippen LogP contribution in [0.25, 0.3) is 0 Å². The second kappa shape index (κ2) is 46.0. The lowest BCUT2D eigenvalue weighted by Gasteiger charge is -2.18. The summed E-state index contributed by atoms with van der Waals surface area (Å²) < 4.78 is 0. The van der Waals surface area contributed by atoms with Gasteiger partial charge in [0.2, 0.25) is 0 Å². The second-order valence-electron chi connectivity index (χ2n) is 18.3. The summed E-state index contributed by atoms with van der Waals surface area (Å²) in [6, 6.07) is 0. The van der Waals surface area contributed by atoms with Crippen molar-refractivity contribution in [1.82, 2.24) is 0 Å². The standard InChI is InChI=1S/7C7H16/c1-6(2)5-7(3)4;2*1-5-7(3,4)6-2;1-5-7(4)6(2)3;1-4-5-6-7(2)3;1-4-6-7(3)5-2;1-4-7(5-2)6-3/h6-7H,5H2,1-4H3;2*5-6H2,1-4H3;6-7H,5H2,1-4H3;3*7H,4-6H2,1-3H3/t;;;7-;;7-;/m...0.1./s1. The van der Waals surface area contributed by atoms with Gasteiger partial charge in [-0.3, -0.25) is 0 Å². The van der Waals surface area contributed by atoms with Crippen LogP contribution in [0, 0.1) is 52.3 Å². The molecule has 49 heavy (non-hydrogen) atoms. The van der Waals surface area contributed by atoms with Gasteiger partial charge in [0.15, 0.2) is 0 Å². The van der Waals surface area contributed by atoms with Crippen LogP contribution in [0.1, 0.15) is 269 Å². The van der Waals surface area contributed by atoms with Gasteiger partial charge in [0, 0.05) is 0 Å². The first-order valence-electron chi connectivity index (χ1n) is 22.5. The van der Waals surface area contributed by atoms with Crippen LogP contribution < -0.4 is 0 Å². The van der Waals surface area contributed by atoms with Crippen LogP contribution in [0.2, 0.25) is 0 Å². The van der Waals surface area contributed by atoms with Gasteiger partial charge in [-0.2, -0.15) is 0 Å². The normalized spacial score (nSPS) is 12.1. The molecule has 0 saturated heterocycles. The van der Waals surface area contributed by atoms with E-state index < -0.39 is 0 Å². The molecule has 0 aromatic rings. The van der Waals surface area contributed by atoms with E-state index in [0.717, 1.165) is 41.4 Å². The molecule has 0 radical (unpaired) electrons. The Bertz CT molecular complexity index is 473. The summed E-state index contributed by atoms with van der Waals surface area (Å²) in [5, 5.41) is 0. The number of rotatable bonds is 17. The third-order valence-corrected chi connectivity index (χ3v) is 10.9. The molecule has 0 N–H and O–H groups in total. The molecule has 0 heterocycles. The zero-order valence-corrected chi connectivity index (χ0v) is 40.6. The second-order valence-corrected chi connectivity index (χ2v) is 18.3. The summed E-state index contributed by atoms with van der Waals surface area (Å²) in [5.41, 5.74) is 1.17. The molecule has 0 aliphatic carbocycles. The molecular weight excluding hydrogens is 589 g/mol. The SMILES string of the molecule is CC(C)CC(C)C.CCC(C)(C)CC.CCC(C)(C)CC.CCC(CC)CC.CCCCC(C)C.CCC[C@H](C)CC.CC[C@H](C)C(C)C. The van der Waals surface area contributed by atoms with Crippen LogP contribution in [-0.2, 0) is 0 Å². The van der Waals surface area contributed by atoms with Gasteiger partial charge in [0.05, 0.1) is 0 Å². The lowest BCUT2D eigenvalue weighted by molar-refractivity contribution is 0.338. The maximum Gasteiger partial charge on any atom is -0.0359 e. The molecule has 0 nitrogen and oxygen atoms in total. The number of hydrogen-bond donors (Lipinski definition) is 0. The Labute approximate surface area is 320 Å². The van der Waals surface area contributed by atoms with Gasteiger partial charge in [0.1, 0.15) is 0 Å².